The molecule has 0 bridgehead atoms. The molecule has 2 aromatic carbocycles. The van der Waals surface area contributed by atoms with E-state index < -0.39 is 5.95 Å². The predicted molar refractivity (Wildman–Crippen MR) is 75.0 cm³/mol. The minimum Gasteiger partial charge on any atom is -0.488 e. The third-order valence-corrected chi connectivity index (χ3v) is 3.15. The number of rotatable bonds is 4. The fraction of sp³-hybridized carbons (Fsp3) is 0.125. The second-order valence-electron chi connectivity index (χ2n) is 4.60. The van der Waals surface area contributed by atoms with Crippen molar-refractivity contribution in [2.24, 2.45) is 0 Å². The Hall–Kier alpha value is -2.33. The van der Waals surface area contributed by atoms with Crippen LogP contribution in [-0.4, -0.2) is 10.1 Å². The maximum atomic E-state index is 13.3. The fourth-order valence-corrected chi connectivity index (χ4v) is 2.17. The van der Waals surface area contributed by atoms with E-state index in [4.69, 9.17) is 4.74 Å². The van der Waals surface area contributed by atoms with E-state index in [0.717, 1.165) is 5.56 Å². The van der Waals surface area contributed by atoms with Gasteiger partial charge in [-0.05, 0) is 23.3 Å². The molecule has 0 saturated heterocycles. The first kappa shape index (κ1) is 12.7. The van der Waals surface area contributed by atoms with Crippen LogP contribution >= 0.6 is 0 Å². The number of fused-ring (bicyclic) bond motifs is 1. The van der Waals surface area contributed by atoms with E-state index in [0.29, 0.717) is 28.8 Å². The SMILES string of the molecule is OCc1cc(OCc2ccccc2)c2cc(F)[nH]c2c1. The van der Waals surface area contributed by atoms with Crippen molar-refractivity contribution in [2.75, 3.05) is 0 Å². The van der Waals surface area contributed by atoms with Gasteiger partial charge in [-0.1, -0.05) is 30.3 Å². The quantitative estimate of drug-likeness (QED) is 0.764. The smallest absolute Gasteiger partial charge is 0.192 e. The van der Waals surface area contributed by atoms with Crippen LogP contribution in [0.25, 0.3) is 10.9 Å². The lowest BCUT2D eigenvalue weighted by Crippen LogP contribution is -1.96. The summed E-state index contributed by atoms with van der Waals surface area (Å²) in [4.78, 5) is 2.61. The standard InChI is InChI=1S/C16H14FNO2/c17-16-8-13-14(18-16)6-12(9-19)7-15(13)20-10-11-4-2-1-3-5-11/h1-8,18-19H,9-10H2. The van der Waals surface area contributed by atoms with Gasteiger partial charge < -0.3 is 14.8 Å². The predicted octanol–water partition coefficient (Wildman–Crippen LogP) is 3.38. The lowest BCUT2D eigenvalue weighted by Gasteiger charge is -2.09. The Balaban J connectivity index is 1.93. The lowest BCUT2D eigenvalue weighted by atomic mass is 10.1. The maximum Gasteiger partial charge on any atom is 0.192 e. The zero-order chi connectivity index (χ0) is 13.9. The third kappa shape index (κ3) is 2.51. The summed E-state index contributed by atoms with van der Waals surface area (Å²) in [7, 11) is 0. The molecule has 0 spiro atoms. The number of ether oxygens (including phenoxy) is 1. The van der Waals surface area contributed by atoms with Gasteiger partial charge in [-0.25, -0.2) is 0 Å². The zero-order valence-corrected chi connectivity index (χ0v) is 10.8. The zero-order valence-electron chi connectivity index (χ0n) is 10.8. The molecule has 1 aromatic heterocycles. The van der Waals surface area contributed by atoms with Gasteiger partial charge in [0.25, 0.3) is 0 Å². The molecular formula is C16H14FNO2. The molecular weight excluding hydrogens is 257 g/mol. The maximum absolute atomic E-state index is 13.3. The molecule has 4 heteroatoms. The molecule has 0 saturated carbocycles. The Morgan fingerprint density at radius 1 is 1.05 bits per heavy atom. The Morgan fingerprint density at radius 3 is 2.60 bits per heavy atom. The van der Waals surface area contributed by atoms with Crippen LogP contribution in [0, 0.1) is 5.95 Å². The van der Waals surface area contributed by atoms with Crippen molar-refractivity contribution < 1.29 is 14.2 Å². The van der Waals surface area contributed by atoms with Crippen LogP contribution in [0.15, 0.2) is 48.5 Å². The van der Waals surface area contributed by atoms with Crippen LogP contribution < -0.4 is 4.74 Å². The molecule has 0 amide bonds. The highest BCUT2D eigenvalue weighted by Gasteiger charge is 2.09. The van der Waals surface area contributed by atoms with E-state index in [2.05, 4.69) is 4.98 Å². The molecule has 0 atom stereocenters. The fourth-order valence-electron chi connectivity index (χ4n) is 2.17. The van der Waals surface area contributed by atoms with Crippen LogP contribution in [0.5, 0.6) is 5.75 Å². The molecule has 3 aromatic rings. The van der Waals surface area contributed by atoms with Crippen LogP contribution in [-0.2, 0) is 13.2 Å². The number of aromatic nitrogens is 1. The molecule has 0 radical (unpaired) electrons. The van der Waals surface area contributed by atoms with Crippen LogP contribution in [0.3, 0.4) is 0 Å². The van der Waals surface area contributed by atoms with Crippen molar-refractivity contribution in [1.82, 2.24) is 4.98 Å². The highest BCUT2D eigenvalue weighted by Crippen LogP contribution is 2.29. The number of benzene rings is 2. The molecule has 3 rings (SSSR count). The summed E-state index contributed by atoms with van der Waals surface area (Å²) in [6, 6.07) is 14.6. The summed E-state index contributed by atoms with van der Waals surface area (Å²) < 4.78 is 19.1. The first-order chi connectivity index (χ1) is 9.76. The Labute approximate surface area is 115 Å². The molecule has 1 heterocycles. The van der Waals surface area contributed by atoms with Crippen molar-refractivity contribution in [2.45, 2.75) is 13.2 Å². The van der Waals surface area contributed by atoms with E-state index in [1.54, 1.807) is 12.1 Å². The first-order valence-corrected chi connectivity index (χ1v) is 6.35. The summed E-state index contributed by atoms with van der Waals surface area (Å²) in [6.45, 7) is 0.288. The topological polar surface area (TPSA) is 45.2 Å². The summed E-state index contributed by atoms with van der Waals surface area (Å²) in [5.74, 6) is 0.148. The van der Waals surface area contributed by atoms with E-state index in [9.17, 15) is 9.50 Å². The van der Waals surface area contributed by atoms with Gasteiger partial charge in [0, 0.05) is 11.5 Å². The van der Waals surface area contributed by atoms with Gasteiger partial charge in [-0.2, -0.15) is 4.39 Å². The van der Waals surface area contributed by atoms with Gasteiger partial charge in [0.1, 0.15) is 12.4 Å². The minimum absolute atomic E-state index is 0.113. The highest BCUT2D eigenvalue weighted by molar-refractivity contribution is 5.86. The second-order valence-corrected chi connectivity index (χ2v) is 4.60. The number of hydrogen-bond donors (Lipinski definition) is 2. The molecule has 0 fully saturated rings. The Morgan fingerprint density at radius 2 is 1.85 bits per heavy atom. The summed E-state index contributed by atoms with van der Waals surface area (Å²) >= 11 is 0. The highest BCUT2D eigenvalue weighted by atomic mass is 19.1. The van der Waals surface area contributed by atoms with Crippen LogP contribution in [0.4, 0.5) is 4.39 Å². The molecule has 102 valence electrons. The van der Waals surface area contributed by atoms with E-state index in [1.807, 2.05) is 30.3 Å². The Kier molecular flexibility index (Phi) is 3.39. The average Bonchev–Trinajstić information content (AvgIpc) is 2.86. The molecule has 20 heavy (non-hydrogen) atoms. The lowest BCUT2D eigenvalue weighted by molar-refractivity contribution is 0.279. The molecule has 0 aliphatic carbocycles. The van der Waals surface area contributed by atoms with Crippen LogP contribution in [0.1, 0.15) is 11.1 Å². The van der Waals surface area contributed by atoms with Gasteiger partial charge in [-0.3, -0.25) is 0 Å². The number of aliphatic hydroxyl groups excluding tert-OH is 1. The van der Waals surface area contributed by atoms with Gasteiger partial charge in [0.05, 0.1) is 12.1 Å². The van der Waals surface area contributed by atoms with Crippen molar-refractivity contribution >= 4 is 10.9 Å². The van der Waals surface area contributed by atoms with Gasteiger partial charge in [0.2, 0.25) is 0 Å². The first-order valence-electron chi connectivity index (χ1n) is 6.35. The monoisotopic (exact) mass is 271 g/mol. The number of hydrogen-bond acceptors (Lipinski definition) is 2. The molecule has 0 unspecified atom stereocenters. The van der Waals surface area contributed by atoms with Crippen LogP contribution in [0.2, 0.25) is 0 Å². The van der Waals surface area contributed by atoms with Gasteiger partial charge in [-0.15, -0.1) is 0 Å². The largest absolute Gasteiger partial charge is 0.488 e. The number of nitrogens with one attached hydrogen (secondary N) is 1. The van der Waals surface area contributed by atoms with E-state index in [-0.39, 0.29) is 6.61 Å². The summed E-state index contributed by atoms with van der Waals surface area (Å²) in [5.41, 5.74) is 2.34. The molecule has 0 aliphatic heterocycles. The van der Waals surface area contributed by atoms with Crippen molar-refractivity contribution in [1.29, 1.82) is 0 Å². The van der Waals surface area contributed by atoms with Crippen molar-refractivity contribution in [3.05, 3.63) is 65.6 Å². The van der Waals surface area contributed by atoms with E-state index in [1.165, 1.54) is 6.07 Å². The second kappa shape index (κ2) is 5.35. The Bertz CT molecular complexity index is 722. The van der Waals surface area contributed by atoms with E-state index >= 15 is 0 Å². The minimum atomic E-state index is -0.417. The molecule has 0 aliphatic rings. The number of aromatic amines is 1. The van der Waals surface area contributed by atoms with Crippen molar-refractivity contribution in [3.63, 3.8) is 0 Å². The van der Waals surface area contributed by atoms with Crippen molar-refractivity contribution in [3.8, 4) is 5.75 Å². The van der Waals surface area contributed by atoms with Gasteiger partial charge >= 0.3 is 0 Å². The normalized spacial score (nSPS) is 10.9. The number of H-pyrrole nitrogens is 1. The number of halogens is 1. The molecule has 3 nitrogen and oxygen atoms in total. The summed E-state index contributed by atoms with van der Waals surface area (Å²) in [5, 5.41) is 9.93. The number of aliphatic hydroxyl groups is 1. The third-order valence-electron chi connectivity index (χ3n) is 3.15. The van der Waals surface area contributed by atoms with Gasteiger partial charge in [0.15, 0.2) is 5.95 Å². The average molecular weight is 271 g/mol. The summed E-state index contributed by atoms with van der Waals surface area (Å²) in [6.07, 6.45) is 0. The molecule has 2 N–H and O–H groups in total.